The highest BCUT2D eigenvalue weighted by Crippen LogP contribution is 2.20. The van der Waals surface area contributed by atoms with Crippen molar-refractivity contribution in [3.63, 3.8) is 0 Å². The van der Waals surface area contributed by atoms with Crippen LogP contribution < -0.4 is 10.5 Å². The molecular weight excluding hydrogens is 406 g/mol. The number of carbonyl (C=O) groups is 2. The third-order valence-corrected chi connectivity index (χ3v) is 5.57. The number of aromatic nitrogens is 2. The van der Waals surface area contributed by atoms with Crippen LogP contribution in [0.1, 0.15) is 19.8 Å². The topological polar surface area (TPSA) is 165 Å². The summed E-state index contributed by atoms with van der Waals surface area (Å²) in [7, 11) is -3.81. The molecule has 0 saturated carbocycles. The second-order valence-corrected chi connectivity index (χ2v) is 7.91. The lowest BCUT2D eigenvalue weighted by Gasteiger charge is -2.07. The Hall–Kier alpha value is -2.88. The van der Waals surface area contributed by atoms with Crippen molar-refractivity contribution in [3.05, 3.63) is 29.5 Å². The number of nitriles is 1. The lowest BCUT2D eigenvalue weighted by molar-refractivity contribution is -0.147. The minimum absolute atomic E-state index is 0.00934. The van der Waals surface area contributed by atoms with Crippen LogP contribution in [0.2, 0.25) is 0 Å². The van der Waals surface area contributed by atoms with Crippen molar-refractivity contribution in [2.45, 2.75) is 24.7 Å². The van der Waals surface area contributed by atoms with E-state index in [0.717, 1.165) is 11.7 Å². The van der Waals surface area contributed by atoms with E-state index in [9.17, 15) is 18.0 Å². The standard InChI is InChI=1S/C16H17N5O5S2/c1-10(18)11(8-17)13(22)9-26-15(23)6-3-7-19-28(24,25)14-5-2-4-12-16(14)21-27-20-12/h2,4-5,19H,3,6-7,9,18H2,1H3/b11-10-. The summed E-state index contributed by atoms with van der Waals surface area (Å²) in [6.45, 7) is 0.790. The number of esters is 1. The normalized spacial score (nSPS) is 12.3. The Kier molecular flexibility index (Phi) is 7.16. The largest absolute Gasteiger partial charge is 0.457 e. The fourth-order valence-electron chi connectivity index (χ4n) is 2.18. The number of sulfonamides is 1. The lowest BCUT2D eigenvalue weighted by Crippen LogP contribution is -2.26. The zero-order valence-corrected chi connectivity index (χ0v) is 16.5. The number of nitrogens with two attached hydrogens (primary N) is 1. The molecule has 1 heterocycles. The first-order valence-corrected chi connectivity index (χ1v) is 10.2. The molecule has 0 spiro atoms. The van der Waals surface area contributed by atoms with Gasteiger partial charge in [0.2, 0.25) is 15.8 Å². The van der Waals surface area contributed by atoms with Crippen LogP contribution in [0.5, 0.6) is 0 Å². The number of ketones is 1. The van der Waals surface area contributed by atoms with E-state index in [-0.39, 0.29) is 41.1 Å². The van der Waals surface area contributed by atoms with Crippen LogP contribution in [0.4, 0.5) is 0 Å². The van der Waals surface area contributed by atoms with Gasteiger partial charge < -0.3 is 10.5 Å². The molecule has 10 nitrogen and oxygen atoms in total. The molecule has 2 aromatic rings. The summed E-state index contributed by atoms with van der Waals surface area (Å²) in [5, 5.41) is 8.81. The minimum atomic E-state index is -3.81. The van der Waals surface area contributed by atoms with Gasteiger partial charge in [-0.1, -0.05) is 6.07 Å². The van der Waals surface area contributed by atoms with E-state index in [0.29, 0.717) is 5.52 Å². The minimum Gasteiger partial charge on any atom is -0.457 e. The third kappa shape index (κ3) is 5.32. The highest BCUT2D eigenvalue weighted by Gasteiger charge is 2.19. The molecule has 0 aliphatic carbocycles. The van der Waals surface area contributed by atoms with E-state index in [2.05, 4.69) is 13.5 Å². The molecule has 0 bridgehead atoms. The van der Waals surface area contributed by atoms with Crippen LogP contribution in [0.25, 0.3) is 11.0 Å². The summed E-state index contributed by atoms with van der Waals surface area (Å²) in [5.74, 6) is -1.38. The summed E-state index contributed by atoms with van der Waals surface area (Å²) in [4.78, 5) is 23.4. The van der Waals surface area contributed by atoms with Crippen molar-refractivity contribution in [3.8, 4) is 6.07 Å². The Morgan fingerprint density at radius 2 is 2.11 bits per heavy atom. The Labute approximate surface area is 165 Å². The van der Waals surface area contributed by atoms with Gasteiger partial charge in [-0.2, -0.15) is 14.0 Å². The predicted molar refractivity (Wildman–Crippen MR) is 100 cm³/mol. The number of benzene rings is 1. The van der Waals surface area contributed by atoms with E-state index in [4.69, 9.17) is 15.7 Å². The van der Waals surface area contributed by atoms with Gasteiger partial charge in [-0.3, -0.25) is 9.59 Å². The molecule has 0 radical (unpaired) electrons. The van der Waals surface area contributed by atoms with Gasteiger partial charge in [0.1, 0.15) is 27.6 Å². The molecule has 2 rings (SSSR count). The first kappa shape index (κ1) is 21.4. The van der Waals surface area contributed by atoms with Crippen molar-refractivity contribution in [1.29, 1.82) is 5.26 Å². The average molecular weight is 423 g/mol. The summed E-state index contributed by atoms with van der Waals surface area (Å²) < 4.78 is 39.9. The molecule has 0 amide bonds. The molecule has 148 valence electrons. The van der Waals surface area contributed by atoms with E-state index in [1.165, 1.54) is 13.0 Å². The third-order valence-electron chi connectivity index (χ3n) is 3.54. The van der Waals surface area contributed by atoms with Crippen LogP contribution in [-0.4, -0.2) is 42.1 Å². The second-order valence-electron chi connectivity index (χ2n) is 5.64. The molecule has 1 aromatic heterocycles. The van der Waals surface area contributed by atoms with E-state index < -0.39 is 28.4 Å². The van der Waals surface area contributed by atoms with Gasteiger partial charge in [-0.25, -0.2) is 13.1 Å². The molecule has 0 saturated heterocycles. The van der Waals surface area contributed by atoms with Crippen molar-refractivity contribution in [1.82, 2.24) is 13.5 Å². The smallest absolute Gasteiger partial charge is 0.306 e. The summed E-state index contributed by atoms with van der Waals surface area (Å²) in [6, 6.07) is 6.30. The van der Waals surface area contributed by atoms with Gasteiger partial charge >= 0.3 is 5.97 Å². The average Bonchev–Trinajstić information content (AvgIpc) is 3.12. The Bertz CT molecular complexity index is 1060. The molecule has 0 aliphatic heterocycles. The molecule has 1 aromatic carbocycles. The summed E-state index contributed by atoms with van der Waals surface area (Å²) in [5.41, 5.74) is 5.95. The van der Waals surface area contributed by atoms with Crippen LogP contribution in [0, 0.1) is 11.3 Å². The number of nitrogens with zero attached hydrogens (tertiary/aromatic N) is 3. The monoisotopic (exact) mass is 423 g/mol. The van der Waals surface area contributed by atoms with Crippen LogP contribution >= 0.6 is 11.7 Å². The SMILES string of the molecule is C/C(N)=C(\C#N)C(=O)COC(=O)CCCNS(=O)(=O)c1cccc2nsnc12. The molecule has 3 N–H and O–H groups in total. The predicted octanol–water partition coefficient (Wildman–Crippen LogP) is 0.618. The number of Topliss-reactive ketones (excluding diaryl/α,β-unsaturated/α-hetero) is 1. The molecule has 0 aliphatic rings. The first-order chi connectivity index (χ1) is 13.3. The van der Waals surface area contributed by atoms with Crippen molar-refractivity contribution < 1.29 is 22.7 Å². The lowest BCUT2D eigenvalue weighted by atomic mass is 10.1. The first-order valence-electron chi connectivity index (χ1n) is 8.02. The number of rotatable bonds is 9. The van der Waals surface area contributed by atoms with Gasteiger partial charge in [0.05, 0.1) is 11.7 Å². The van der Waals surface area contributed by atoms with Crippen LogP contribution in [-0.2, 0) is 24.3 Å². The van der Waals surface area contributed by atoms with Gasteiger partial charge in [0.25, 0.3) is 0 Å². The number of hydrogen-bond acceptors (Lipinski definition) is 10. The van der Waals surface area contributed by atoms with Crippen molar-refractivity contribution in [2.75, 3.05) is 13.2 Å². The second kappa shape index (κ2) is 9.36. The van der Waals surface area contributed by atoms with Gasteiger partial charge in [-0.05, 0) is 25.5 Å². The maximum atomic E-state index is 12.4. The molecule has 0 unspecified atom stereocenters. The fourth-order valence-corrected chi connectivity index (χ4v) is 4.01. The van der Waals surface area contributed by atoms with Crippen LogP contribution in [0.15, 0.2) is 34.4 Å². The maximum absolute atomic E-state index is 12.4. The quantitative estimate of drug-likeness (QED) is 0.254. The van der Waals surface area contributed by atoms with Crippen LogP contribution in [0.3, 0.4) is 0 Å². The highest BCUT2D eigenvalue weighted by atomic mass is 32.2. The van der Waals surface area contributed by atoms with Gasteiger partial charge in [-0.15, -0.1) is 0 Å². The fraction of sp³-hybridized carbons (Fsp3) is 0.312. The molecule has 12 heteroatoms. The Morgan fingerprint density at radius 3 is 2.79 bits per heavy atom. The van der Waals surface area contributed by atoms with Crippen molar-refractivity contribution >= 4 is 44.5 Å². The van der Waals surface area contributed by atoms with Gasteiger partial charge in [0.15, 0.2) is 6.61 Å². The Balaban J connectivity index is 1.82. The Morgan fingerprint density at radius 1 is 1.36 bits per heavy atom. The van der Waals surface area contributed by atoms with Gasteiger partial charge in [0, 0.05) is 18.7 Å². The molecule has 0 fully saturated rings. The number of carbonyl (C=O) groups excluding carboxylic acids is 2. The summed E-state index contributed by atoms with van der Waals surface area (Å²) in [6.07, 6.45) is 0.0554. The molecule has 0 atom stereocenters. The number of ether oxygens (including phenoxy) is 1. The van der Waals surface area contributed by atoms with E-state index in [1.807, 2.05) is 0 Å². The summed E-state index contributed by atoms with van der Waals surface area (Å²) >= 11 is 0.916. The van der Waals surface area contributed by atoms with E-state index >= 15 is 0 Å². The number of allylic oxidation sites excluding steroid dienone is 1. The van der Waals surface area contributed by atoms with E-state index in [1.54, 1.807) is 18.2 Å². The maximum Gasteiger partial charge on any atom is 0.306 e. The zero-order chi connectivity index (χ0) is 20.7. The molecule has 28 heavy (non-hydrogen) atoms. The number of hydrogen-bond donors (Lipinski definition) is 2. The zero-order valence-electron chi connectivity index (χ0n) is 14.8. The number of fused-ring (bicyclic) bond motifs is 1. The number of nitrogens with one attached hydrogen (secondary N) is 1. The highest BCUT2D eigenvalue weighted by molar-refractivity contribution is 7.89. The molecular formula is C16H17N5O5S2. The van der Waals surface area contributed by atoms with Crippen molar-refractivity contribution in [2.24, 2.45) is 5.73 Å².